The Labute approximate surface area is 128 Å². The van der Waals surface area contributed by atoms with Crippen LogP contribution in [0.4, 0.5) is 0 Å². The summed E-state index contributed by atoms with van der Waals surface area (Å²) in [4.78, 5) is 14.4. The van der Waals surface area contributed by atoms with Crippen LogP contribution in [0.3, 0.4) is 0 Å². The van der Waals surface area contributed by atoms with Gasteiger partial charge in [-0.3, -0.25) is 10.1 Å². The molecule has 21 heavy (non-hydrogen) atoms. The van der Waals surface area contributed by atoms with E-state index in [-0.39, 0.29) is 23.9 Å². The molecule has 1 N–H and O–H groups in total. The molecular formula is C15H28N2O3S. The van der Waals surface area contributed by atoms with Crippen molar-refractivity contribution >= 4 is 15.7 Å². The van der Waals surface area contributed by atoms with Crippen molar-refractivity contribution in [3.05, 3.63) is 0 Å². The molecular weight excluding hydrogens is 288 g/mol. The van der Waals surface area contributed by atoms with Crippen molar-refractivity contribution in [2.45, 2.75) is 64.1 Å². The van der Waals surface area contributed by atoms with Crippen LogP contribution in [0.2, 0.25) is 0 Å². The van der Waals surface area contributed by atoms with Crippen LogP contribution in [0.1, 0.15) is 51.9 Å². The normalized spacial score (nSPS) is 27.7. The molecule has 122 valence electrons. The van der Waals surface area contributed by atoms with Crippen molar-refractivity contribution in [3.63, 3.8) is 0 Å². The molecule has 1 amide bonds. The molecule has 0 aromatic heterocycles. The Morgan fingerprint density at radius 1 is 1.29 bits per heavy atom. The molecule has 1 aliphatic heterocycles. The maximum atomic E-state index is 12.6. The smallest absolute Gasteiger partial charge is 0.241 e. The second-order valence-corrected chi connectivity index (χ2v) is 8.77. The minimum Gasteiger partial charge on any atom is -0.324 e. The highest BCUT2D eigenvalue weighted by Crippen LogP contribution is 2.32. The number of carbonyl (C=O) groups is 1. The van der Waals surface area contributed by atoms with Gasteiger partial charge in [-0.05, 0) is 25.2 Å². The SMILES string of the molecule is CCCCC1NC(C2CCCC2)N(CCS(C)(=O)=O)C1=O. The fourth-order valence-corrected chi connectivity index (χ4v) is 4.03. The minimum absolute atomic E-state index is 0.0450. The third kappa shape index (κ3) is 4.42. The zero-order valence-corrected chi connectivity index (χ0v) is 14.0. The van der Waals surface area contributed by atoms with Gasteiger partial charge in [0, 0.05) is 12.8 Å². The number of sulfone groups is 1. The lowest BCUT2D eigenvalue weighted by Crippen LogP contribution is -2.44. The average molecular weight is 316 g/mol. The van der Waals surface area contributed by atoms with Gasteiger partial charge in [0.05, 0.1) is 18.0 Å². The first-order chi connectivity index (χ1) is 9.92. The van der Waals surface area contributed by atoms with E-state index in [4.69, 9.17) is 0 Å². The zero-order chi connectivity index (χ0) is 15.5. The van der Waals surface area contributed by atoms with Crippen molar-refractivity contribution in [2.75, 3.05) is 18.6 Å². The highest BCUT2D eigenvalue weighted by Gasteiger charge is 2.42. The van der Waals surface area contributed by atoms with E-state index < -0.39 is 9.84 Å². The van der Waals surface area contributed by atoms with Crippen molar-refractivity contribution < 1.29 is 13.2 Å². The summed E-state index contributed by atoms with van der Waals surface area (Å²) in [5.41, 5.74) is 0. The predicted octanol–water partition coefficient (Wildman–Crippen LogP) is 1.54. The molecule has 2 unspecified atom stereocenters. The van der Waals surface area contributed by atoms with Crippen LogP contribution in [0.25, 0.3) is 0 Å². The molecule has 0 bridgehead atoms. The van der Waals surface area contributed by atoms with E-state index in [1.807, 2.05) is 0 Å². The number of hydrogen-bond acceptors (Lipinski definition) is 4. The summed E-state index contributed by atoms with van der Waals surface area (Å²) in [7, 11) is -3.04. The van der Waals surface area contributed by atoms with Crippen molar-refractivity contribution in [2.24, 2.45) is 5.92 Å². The Morgan fingerprint density at radius 3 is 2.52 bits per heavy atom. The fraction of sp³-hybridized carbons (Fsp3) is 0.933. The molecule has 1 saturated heterocycles. The van der Waals surface area contributed by atoms with Crippen LogP contribution < -0.4 is 5.32 Å². The van der Waals surface area contributed by atoms with Crippen molar-refractivity contribution in [1.82, 2.24) is 10.2 Å². The Morgan fingerprint density at radius 2 is 1.95 bits per heavy atom. The number of carbonyl (C=O) groups excluding carboxylic acids is 1. The quantitative estimate of drug-likeness (QED) is 0.773. The second kappa shape index (κ2) is 7.09. The number of hydrogen-bond donors (Lipinski definition) is 1. The first-order valence-corrected chi connectivity index (χ1v) is 10.2. The van der Waals surface area contributed by atoms with Gasteiger partial charge in [-0.15, -0.1) is 0 Å². The highest BCUT2D eigenvalue weighted by molar-refractivity contribution is 7.90. The summed E-state index contributed by atoms with van der Waals surface area (Å²) in [5.74, 6) is 0.647. The van der Waals surface area contributed by atoms with E-state index in [1.165, 1.54) is 19.1 Å². The Balaban J connectivity index is 2.05. The van der Waals surface area contributed by atoms with E-state index in [0.717, 1.165) is 32.1 Å². The molecule has 0 radical (unpaired) electrons. The van der Waals surface area contributed by atoms with Crippen molar-refractivity contribution in [1.29, 1.82) is 0 Å². The van der Waals surface area contributed by atoms with Gasteiger partial charge >= 0.3 is 0 Å². The molecule has 0 spiro atoms. The summed E-state index contributed by atoms with van der Waals surface area (Å²) in [6.07, 6.45) is 8.95. The Bertz CT molecular complexity index is 458. The molecule has 1 saturated carbocycles. The number of rotatable bonds is 7. The van der Waals surface area contributed by atoms with Crippen LogP contribution in [0.15, 0.2) is 0 Å². The van der Waals surface area contributed by atoms with Crippen LogP contribution in [-0.2, 0) is 14.6 Å². The zero-order valence-electron chi connectivity index (χ0n) is 13.2. The third-order valence-electron chi connectivity index (χ3n) is 4.68. The molecule has 2 fully saturated rings. The molecule has 1 aliphatic carbocycles. The largest absolute Gasteiger partial charge is 0.324 e. The van der Waals surface area contributed by atoms with Crippen LogP contribution >= 0.6 is 0 Å². The minimum atomic E-state index is -3.04. The van der Waals surface area contributed by atoms with Crippen molar-refractivity contribution in [3.8, 4) is 0 Å². The van der Waals surface area contributed by atoms with Gasteiger partial charge in [0.1, 0.15) is 9.84 Å². The van der Waals surface area contributed by atoms with E-state index in [0.29, 0.717) is 12.5 Å². The standard InChI is InChI=1S/C15H28N2O3S/c1-3-4-9-13-15(18)17(10-11-21(2,19)20)14(16-13)12-7-5-6-8-12/h12-14,16H,3-11H2,1-2H3. The van der Waals surface area contributed by atoms with Crippen LogP contribution in [0, 0.1) is 5.92 Å². The molecule has 0 aromatic rings. The first-order valence-electron chi connectivity index (χ1n) is 8.16. The van der Waals surface area contributed by atoms with Gasteiger partial charge in [-0.2, -0.15) is 0 Å². The topological polar surface area (TPSA) is 66.5 Å². The van der Waals surface area contributed by atoms with Gasteiger partial charge < -0.3 is 4.90 Å². The Kier molecular flexibility index (Phi) is 5.66. The molecule has 2 atom stereocenters. The van der Waals surface area contributed by atoms with E-state index in [1.54, 1.807) is 4.90 Å². The molecule has 6 heteroatoms. The van der Waals surface area contributed by atoms with E-state index in [9.17, 15) is 13.2 Å². The second-order valence-electron chi connectivity index (χ2n) is 6.51. The van der Waals surface area contributed by atoms with Crippen LogP contribution in [-0.4, -0.2) is 50.0 Å². The lowest BCUT2D eigenvalue weighted by atomic mass is 10.0. The van der Waals surface area contributed by atoms with Crippen LogP contribution in [0.5, 0.6) is 0 Å². The van der Waals surface area contributed by atoms with Gasteiger partial charge in [0.15, 0.2) is 0 Å². The molecule has 2 rings (SSSR count). The summed E-state index contributed by atoms with van der Waals surface area (Å²) >= 11 is 0. The third-order valence-corrected chi connectivity index (χ3v) is 5.61. The van der Waals surface area contributed by atoms with E-state index in [2.05, 4.69) is 12.2 Å². The molecule has 5 nitrogen and oxygen atoms in total. The Hall–Kier alpha value is -0.620. The fourth-order valence-electron chi connectivity index (χ4n) is 3.50. The van der Waals surface area contributed by atoms with Gasteiger partial charge in [-0.25, -0.2) is 8.42 Å². The van der Waals surface area contributed by atoms with Gasteiger partial charge in [0.2, 0.25) is 5.91 Å². The van der Waals surface area contributed by atoms with E-state index >= 15 is 0 Å². The molecule has 1 heterocycles. The summed E-state index contributed by atoms with van der Waals surface area (Å²) < 4.78 is 22.8. The monoisotopic (exact) mass is 316 g/mol. The molecule has 0 aromatic carbocycles. The average Bonchev–Trinajstić information content (AvgIpc) is 3.01. The number of unbranched alkanes of at least 4 members (excludes halogenated alkanes) is 1. The number of nitrogens with zero attached hydrogens (tertiary/aromatic N) is 1. The first kappa shape index (κ1) is 16.7. The van der Waals surface area contributed by atoms with Gasteiger partial charge in [0.25, 0.3) is 0 Å². The lowest BCUT2D eigenvalue weighted by Gasteiger charge is -2.28. The summed E-state index contributed by atoms with van der Waals surface area (Å²) in [6, 6.07) is -0.116. The predicted molar refractivity (Wildman–Crippen MR) is 83.6 cm³/mol. The summed E-state index contributed by atoms with van der Waals surface area (Å²) in [6.45, 7) is 2.45. The lowest BCUT2D eigenvalue weighted by molar-refractivity contribution is -0.130. The number of amides is 1. The highest BCUT2D eigenvalue weighted by atomic mass is 32.2. The maximum Gasteiger partial charge on any atom is 0.241 e. The maximum absolute atomic E-state index is 12.6. The van der Waals surface area contributed by atoms with Gasteiger partial charge in [-0.1, -0.05) is 32.6 Å². The molecule has 2 aliphatic rings. The summed E-state index contributed by atoms with van der Waals surface area (Å²) in [5, 5.41) is 3.49. The number of nitrogens with one attached hydrogen (secondary N) is 1.